The summed E-state index contributed by atoms with van der Waals surface area (Å²) >= 11 is 0. The van der Waals surface area contributed by atoms with Crippen molar-refractivity contribution < 1.29 is 4.79 Å². The highest BCUT2D eigenvalue weighted by Crippen LogP contribution is 2.22. The second-order valence-electron chi connectivity index (χ2n) is 3.75. The number of rotatable bonds is 5. The molecule has 1 aromatic carbocycles. The predicted molar refractivity (Wildman–Crippen MR) is 67.5 cm³/mol. The van der Waals surface area contributed by atoms with Crippen LogP contribution < -0.4 is 11.1 Å². The highest BCUT2D eigenvalue weighted by molar-refractivity contribution is 5.92. The maximum absolute atomic E-state index is 11.6. The average Bonchev–Trinajstić information content (AvgIpc) is 2.29. The van der Waals surface area contributed by atoms with E-state index in [9.17, 15) is 4.79 Å². The molecule has 0 saturated carbocycles. The van der Waals surface area contributed by atoms with Crippen molar-refractivity contribution in [1.82, 2.24) is 0 Å². The summed E-state index contributed by atoms with van der Waals surface area (Å²) in [5.74, 6) is -0.00176. The largest absolute Gasteiger partial charge is 0.330 e. The lowest BCUT2D eigenvalue weighted by atomic mass is 10.0. The molecule has 0 aliphatic carbocycles. The standard InChI is InChI=1S/C13H20N2O/c1-3-10-6-5-7-11(4-2)13(10)15-12(16)8-9-14/h5-7H,3-4,8-9,14H2,1-2H3,(H,15,16). The van der Waals surface area contributed by atoms with Gasteiger partial charge in [-0.2, -0.15) is 0 Å². The Labute approximate surface area is 97.0 Å². The molecule has 0 radical (unpaired) electrons. The molecule has 1 aromatic rings. The van der Waals surface area contributed by atoms with Gasteiger partial charge in [0.15, 0.2) is 0 Å². The highest BCUT2D eigenvalue weighted by Gasteiger charge is 2.08. The van der Waals surface area contributed by atoms with E-state index in [0.29, 0.717) is 13.0 Å². The van der Waals surface area contributed by atoms with Crippen LogP contribution in [-0.2, 0) is 17.6 Å². The number of nitrogens with one attached hydrogen (secondary N) is 1. The number of benzene rings is 1. The number of amides is 1. The summed E-state index contributed by atoms with van der Waals surface area (Å²) in [7, 11) is 0. The molecule has 3 heteroatoms. The minimum Gasteiger partial charge on any atom is -0.330 e. The van der Waals surface area contributed by atoms with Crippen molar-refractivity contribution >= 4 is 11.6 Å². The van der Waals surface area contributed by atoms with Gasteiger partial charge in [0, 0.05) is 18.7 Å². The zero-order chi connectivity index (χ0) is 12.0. The van der Waals surface area contributed by atoms with Gasteiger partial charge in [-0.3, -0.25) is 4.79 Å². The Bertz CT molecular complexity index is 339. The van der Waals surface area contributed by atoms with Crippen LogP contribution in [0.4, 0.5) is 5.69 Å². The van der Waals surface area contributed by atoms with Gasteiger partial charge in [-0.05, 0) is 24.0 Å². The first-order valence-electron chi connectivity index (χ1n) is 5.83. The van der Waals surface area contributed by atoms with Gasteiger partial charge in [0.1, 0.15) is 0 Å². The molecule has 0 unspecified atom stereocenters. The third kappa shape index (κ3) is 3.07. The second kappa shape index (κ2) is 6.28. The minimum absolute atomic E-state index is 0.00176. The SMILES string of the molecule is CCc1cccc(CC)c1NC(=O)CCN. The van der Waals surface area contributed by atoms with E-state index in [1.165, 1.54) is 11.1 Å². The number of nitrogens with two attached hydrogens (primary N) is 1. The predicted octanol–water partition coefficient (Wildman–Crippen LogP) is 2.10. The fourth-order valence-corrected chi connectivity index (χ4v) is 1.74. The number of hydrogen-bond acceptors (Lipinski definition) is 2. The van der Waals surface area contributed by atoms with Gasteiger partial charge in [0.05, 0.1) is 0 Å². The van der Waals surface area contributed by atoms with Gasteiger partial charge in [0.2, 0.25) is 5.91 Å². The Morgan fingerprint density at radius 3 is 2.25 bits per heavy atom. The molecule has 0 bridgehead atoms. The Kier molecular flexibility index (Phi) is 4.99. The highest BCUT2D eigenvalue weighted by atomic mass is 16.1. The topological polar surface area (TPSA) is 55.1 Å². The van der Waals surface area contributed by atoms with Gasteiger partial charge >= 0.3 is 0 Å². The molecule has 0 atom stereocenters. The van der Waals surface area contributed by atoms with Crippen molar-refractivity contribution in [1.29, 1.82) is 0 Å². The molecule has 0 aliphatic heterocycles. The van der Waals surface area contributed by atoms with Gasteiger partial charge in [-0.15, -0.1) is 0 Å². The summed E-state index contributed by atoms with van der Waals surface area (Å²) in [6, 6.07) is 6.14. The van der Waals surface area contributed by atoms with Crippen molar-refractivity contribution in [2.45, 2.75) is 33.1 Å². The molecule has 3 N–H and O–H groups in total. The van der Waals surface area contributed by atoms with Crippen LogP contribution in [0.5, 0.6) is 0 Å². The molecule has 0 spiro atoms. The summed E-state index contributed by atoms with van der Waals surface area (Å²) in [4.78, 5) is 11.6. The zero-order valence-corrected chi connectivity index (χ0v) is 10.0. The fraction of sp³-hybridized carbons (Fsp3) is 0.462. The van der Waals surface area contributed by atoms with E-state index < -0.39 is 0 Å². The van der Waals surface area contributed by atoms with E-state index in [0.717, 1.165) is 18.5 Å². The van der Waals surface area contributed by atoms with Crippen LogP contribution in [0.1, 0.15) is 31.4 Å². The molecule has 88 valence electrons. The van der Waals surface area contributed by atoms with Crippen LogP contribution in [0.25, 0.3) is 0 Å². The first-order chi connectivity index (χ1) is 7.72. The van der Waals surface area contributed by atoms with Crippen LogP contribution >= 0.6 is 0 Å². The third-order valence-corrected chi connectivity index (χ3v) is 2.63. The number of anilines is 1. The summed E-state index contributed by atoms with van der Waals surface area (Å²) in [5.41, 5.74) is 8.71. The Hall–Kier alpha value is -1.35. The van der Waals surface area contributed by atoms with Gasteiger partial charge in [-0.1, -0.05) is 32.0 Å². The van der Waals surface area contributed by atoms with Gasteiger partial charge < -0.3 is 11.1 Å². The van der Waals surface area contributed by atoms with E-state index in [1.807, 2.05) is 6.07 Å². The molecule has 1 rings (SSSR count). The van der Waals surface area contributed by atoms with Gasteiger partial charge in [0.25, 0.3) is 0 Å². The summed E-state index contributed by atoms with van der Waals surface area (Å²) in [6.45, 7) is 4.57. The number of para-hydroxylation sites is 1. The van der Waals surface area contributed by atoms with Gasteiger partial charge in [-0.25, -0.2) is 0 Å². The average molecular weight is 220 g/mol. The maximum Gasteiger partial charge on any atom is 0.225 e. The van der Waals surface area contributed by atoms with E-state index in [-0.39, 0.29) is 5.91 Å². The third-order valence-electron chi connectivity index (χ3n) is 2.63. The van der Waals surface area contributed by atoms with E-state index in [1.54, 1.807) is 0 Å². The Morgan fingerprint density at radius 2 is 1.81 bits per heavy atom. The number of aryl methyl sites for hydroxylation is 2. The zero-order valence-electron chi connectivity index (χ0n) is 10.0. The first kappa shape index (κ1) is 12.7. The molecule has 0 saturated heterocycles. The lowest BCUT2D eigenvalue weighted by Crippen LogP contribution is -2.18. The quantitative estimate of drug-likeness (QED) is 0.798. The molecule has 0 aliphatic rings. The normalized spacial score (nSPS) is 10.2. The van der Waals surface area contributed by atoms with Crippen molar-refractivity contribution in [2.24, 2.45) is 5.73 Å². The van der Waals surface area contributed by atoms with Crippen LogP contribution in [0.3, 0.4) is 0 Å². The van der Waals surface area contributed by atoms with Crippen molar-refractivity contribution in [2.75, 3.05) is 11.9 Å². The molecular formula is C13H20N2O. The Balaban J connectivity index is 2.95. The molecule has 0 heterocycles. The number of hydrogen-bond donors (Lipinski definition) is 2. The fourth-order valence-electron chi connectivity index (χ4n) is 1.74. The number of carbonyl (C=O) groups excluding carboxylic acids is 1. The van der Waals surface area contributed by atoms with Crippen LogP contribution in [-0.4, -0.2) is 12.5 Å². The summed E-state index contributed by atoms with van der Waals surface area (Å²) in [5, 5.41) is 2.96. The molecule has 3 nitrogen and oxygen atoms in total. The van der Waals surface area contributed by atoms with Crippen LogP contribution in [0, 0.1) is 0 Å². The Morgan fingerprint density at radius 1 is 1.25 bits per heavy atom. The van der Waals surface area contributed by atoms with E-state index in [4.69, 9.17) is 5.73 Å². The molecule has 0 fully saturated rings. The summed E-state index contributed by atoms with van der Waals surface area (Å²) in [6.07, 6.45) is 2.22. The monoisotopic (exact) mass is 220 g/mol. The van der Waals surface area contributed by atoms with Crippen molar-refractivity contribution in [3.8, 4) is 0 Å². The smallest absolute Gasteiger partial charge is 0.225 e. The van der Waals surface area contributed by atoms with Crippen LogP contribution in [0.2, 0.25) is 0 Å². The second-order valence-corrected chi connectivity index (χ2v) is 3.75. The van der Waals surface area contributed by atoms with Crippen molar-refractivity contribution in [3.05, 3.63) is 29.3 Å². The van der Waals surface area contributed by atoms with Crippen LogP contribution in [0.15, 0.2) is 18.2 Å². The lowest BCUT2D eigenvalue weighted by Gasteiger charge is -2.14. The minimum atomic E-state index is -0.00176. The van der Waals surface area contributed by atoms with Crippen molar-refractivity contribution in [3.63, 3.8) is 0 Å². The molecular weight excluding hydrogens is 200 g/mol. The van der Waals surface area contributed by atoms with E-state index in [2.05, 4.69) is 31.3 Å². The number of carbonyl (C=O) groups is 1. The van der Waals surface area contributed by atoms with E-state index >= 15 is 0 Å². The lowest BCUT2D eigenvalue weighted by molar-refractivity contribution is -0.116. The molecule has 0 aromatic heterocycles. The molecule has 16 heavy (non-hydrogen) atoms. The molecule has 1 amide bonds. The summed E-state index contributed by atoms with van der Waals surface area (Å²) < 4.78 is 0. The first-order valence-corrected chi connectivity index (χ1v) is 5.83. The maximum atomic E-state index is 11.6.